The average Bonchev–Trinajstić information content (AvgIpc) is 3.08. The van der Waals surface area contributed by atoms with Crippen molar-refractivity contribution in [1.29, 1.82) is 0 Å². The Balaban J connectivity index is 1.67. The second kappa shape index (κ2) is 6.66. The quantitative estimate of drug-likeness (QED) is 0.824. The van der Waals surface area contributed by atoms with Crippen molar-refractivity contribution >= 4 is 12.0 Å². The van der Waals surface area contributed by atoms with Crippen molar-refractivity contribution < 1.29 is 13.9 Å². The van der Waals surface area contributed by atoms with Gasteiger partial charge in [0.05, 0.1) is 6.20 Å². The van der Waals surface area contributed by atoms with Crippen LogP contribution in [0.1, 0.15) is 20.8 Å². The Hall–Kier alpha value is -2.71. The summed E-state index contributed by atoms with van der Waals surface area (Å²) >= 11 is 0. The lowest BCUT2D eigenvalue weighted by Gasteiger charge is -2.35. The molecular weight excluding hydrogens is 327 g/mol. The van der Waals surface area contributed by atoms with Gasteiger partial charge in [0.2, 0.25) is 5.95 Å². The highest BCUT2D eigenvalue weighted by atomic mass is 19.1. The third-order valence-corrected chi connectivity index (χ3v) is 3.65. The van der Waals surface area contributed by atoms with Crippen molar-refractivity contribution in [2.75, 3.05) is 31.1 Å². The van der Waals surface area contributed by atoms with E-state index in [1.807, 2.05) is 25.7 Å². The van der Waals surface area contributed by atoms with Gasteiger partial charge in [-0.1, -0.05) is 0 Å². The zero-order valence-electron chi connectivity index (χ0n) is 14.5. The maximum Gasteiger partial charge on any atom is 0.410 e. The van der Waals surface area contributed by atoms with Gasteiger partial charge in [-0.2, -0.15) is 10.1 Å². The van der Waals surface area contributed by atoms with E-state index in [2.05, 4.69) is 15.1 Å². The van der Waals surface area contributed by atoms with Crippen LogP contribution in [0.25, 0.3) is 5.82 Å². The highest BCUT2D eigenvalue weighted by molar-refractivity contribution is 5.68. The largest absolute Gasteiger partial charge is 0.444 e. The first-order valence-corrected chi connectivity index (χ1v) is 8.09. The Kier molecular flexibility index (Phi) is 4.56. The molecule has 1 aliphatic heterocycles. The molecule has 1 fully saturated rings. The van der Waals surface area contributed by atoms with Crippen LogP contribution < -0.4 is 4.90 Å². The Bertz CT molecular complexity index is 736. The highest BCUT2D eigenvalue weighted by Crippen LogP contribution is 2.17. The molecule has 3 rings (SSSR count). The molecule has 2 aromatic rings. The monoisotopic (exact) mass is 348 g/mol. The van der Waals surface area contributed by atoms with Crippen molar-refractivity contribution in [3.05, 3.63) is 30.5 Å². The number of halogens is 1. The van der Waals surface area contributed by atoms with Crippen LogP contribution in [0, 0.1) is 5.82 Å². The van der Waals surface area contributed by atoms with Gasteiger partial charge >= 0.3 is 6.09 Å². The van der Waals surface area contributed by atoms with E-state index in [4.69, 9.17) is 4.74 Å². The van der Waals surface area contributed by atoms with Crippen LogP contribution in [0.5, 0.6) is 0 Å². The first-order chi connectivity index (χ1) is 11.8. The fourth-order valence-electron chi connectivity index (χ4n) is 2.47. The van der Waals surface area contributed by atoms with Gasteiger partial charge in [-0.15, -0.1) is 0 Å². The summed E-state index contributed by atoms with van der Waals surface area (Å²) in [5, 5.41) is 4.00. The molecule has 1 saturated heterocycles. The summed E-state index contributed by atoms with van der Waals surface area (Å²) in [6.07, 6.45) is 3.99. The molecule has 3 heterocycles. The lowest BCUT2D eigenvalue weighted by atomic mass is 10.2. The number of carbonyl (C=O) groups is 1. The minimum absolute atomic E-state index is 0.101. The molecule has 2 aromatic heterocycles. The number of carbonyl (C=O) groups excluding carboxylic acids is 1. The van der Waals surface area contributed by atoms with Gasteiger partial charge in [0.25, 0.3) is 0 Å². The first kappa shape index (κ1) is 17.1. The number of amides is 1. The van der Waals surface area contributed by atoms with Crippen molar-refractivity contribution in [1.82, 2.24) is 24.6 Å². The summed E-state index contributed by atoms with van der Waals surface area (Å²) in [4.78, 5) is 24.0. The summed E-state index contributed by atoms with van der Waals surface area (Å²) in [5.74, 6) is -0.0276. The topological polar surface area (TPSA) is 76.4 Å². The molecule has 9 heteroatoms. The smallest absolute Gasteiger partial charge is 0.410 e. The molecule has 1 amide bonds. The van der Waals surface area contributed by atoms with E-state index in [0.717, 1.165) is 6.20 Å². The highest BCUT2D eigenvalue weighted by Gasteiger charge is 2.27. The van der Waals surface area contributed by atoms with Crippen LogP contribution in [0.4, 0.5) is 15.1 Å². The molecule has 8 nitrogen and oxygen atoms in total. The summed E-state index contributed by atoms with van der Waals surface area (Å²) < 4.78 is 20.7. The maximum atomic E-state index is 14.0. The zero-order chi connectivity index (χ0) is 18.0. The molecule has 0 radical (unpaired) electrons. The number of ether oxygens (including phenoxy) is 1. The van der Waals surface area contributed by atoms with Gasteiger partial charge in [-0.05, 0) is 26.8 Å². The van der Waals surface area contributed by atoms with E-state index in [-0.39, 0.29) is 11.9 Å². The van der Waals surface area contributed by atoms with Gasteiger partial charge in [0.15, 0.2) is 11.6 Å². The molecule has 0 bridgehead atoms. The van der Waals surface area contributed by atoms with Gasteiger partial charge < -0.3 is 14.5 Å². The third-order valence-electron chi connectivity index (χ3n) is 3.65. The van der Waals surface area contributed by atoms with E-state index in [0.29, 0.717) is 32.1 Å². The molecule has 134 valence electrons. The second-order valence-electron chi connectivity index (χ2n) is 6.75. The lowest BCUT2D eigenvalue weighted by molar-refractivity contribution is 0.0240. The van der Waals surface area contributed by atoms with Crippen LogP contribution in [0.3, 0.4) is 0 Å². The van der Waals surface area contributed by atoms with Crippen LogP contribution in [-0.2, 0) is 4.74 Å². The predicted molar refractivity (Wildman–Crippen MR) is 89.1 cm³/mol. The predicted octanol–water partition coefficient (Wildman–Crippen LogP) is 1.86. The average molecular weight is 348 g/mol. The summed E-state index contributed by atoms with van der Waals surface area (Å²) in [5.41, 5.74) is -0.521. The number of hydrogen-bond donors (Lipinski definition) is 0. The molecule has 0 N–H and O–H groups in total. The van der Waals surface area contributed by atoms with Crippen LogP contribution in [-0.4, -0.2) is 62.5 Å². The van der Waals surface area contributed by atoms with E-state index in [9.17, 15) is 9.18 Å². The van der Waals surface area contributed by atoms with Crippen molar-refractivity contribution in [3.63, 3.8) is 0 Å². The second-order valence-corrected chi connectivity index (χ2v) is 6.75. The Morgan fingerprint density at radius 3 is 2.56 bits per heavy atom. The number of piperazine rings is 1. The van der Waals surface area contributed by atoms with Crippen molar-refractivity contribution in [2.45, 2.75) is 26.4 Å². The number of nitrogens with zero attached hydrogens (tertiary/aromatic N) is 6. The molecule has 0 atom stereocenters. The molecule has 25 heavy (non-hydrogen) atoms. The normalized spacial score (nSPS) is 15.4. The minimum Gasteiger partial charge on any atom is -0.444 e. The Morgan fingerprint density at radius 1 is 1.24 bits per heavy atom. The molecule has 0 saturated carbocycles. The summed E-state index contributed by atoms with van der Waals surface area (Å²) in [6, 6.07) is 1.70. The number of hydrogen-bond acceptors (Lipinski definition) is 6. The summed E-state index contributed by atoms with van der Waals surface area (Å²) in [6.45, 7) is 7.59. The van der Waals surface area contributed by atoms with Gasteiger partial charge in [-0.3, -0.25) is 0 Å². The van der Waals surface area contributed by atoms with Crippen molar-refractivity contribution in [3.8, 4) is 5.82 Å². The summed E-state index contributed by atoms with van der Waals surface area (Å²) in [7, 11) is 0. The van der Waals surface area contributed by atoms with Crippen LogP contribution in [0.15, 0.2) is 24.7 Å². The maximum absolute atomic E-state index is 14.0. The number of rotatable bonds is 2. The minimum atomic E-state index is -0.542. The van der Waals surface area contributed by atoms with E-state index < -0.39 is 11.4 Å². The van der Waals surface area contributed by atoms with E-state index in [1.165, 1.54) is 4.68 Å². The van der Waals surface area contributed by atoms with Gasteiger partial charge in [-0.25, -0.2) is 18.9 Å². The van der Waals surface area contributed by atoms with E-state index in [1.54, 1.807) is 23.4 Å². The Morgan fingerprint density at radius 2 is 1.96 bits per heavy atom. The number of anilines is 1. The zero-order valence-corrected chi connectivity index (χ0v) is 14.5. The SMILES string of the molecule is CC(C)(C)OC(=O)N1CCN(c2ncc(F)c(-n3cccn3)n2)CC1. The lowest BCUT2D eigenvalue weighted by Crippen LogP contribution is -2.50. The fraction of sp³-hybridized carbons (Fsp3) is 0.500. The van der Waals surface area contributed by atoms with Crippen LogP contribution in [0.2, 0.25) is 0 Å². The van der Waals surface area contributed by atoms with E-state index >= 15 is 0 Å². The molecule has 0 unspecified atom stereocenters. The Labute approximate surface area is 145 Å². The standard InChI is InChI=1S/C16H21FN6O2/c1-16(2,3)25-15(24)22-9-7-21(8-10-22)14-18-11-12(17)13(20-14)23-6-4-5-19-23/h4-6,11H,7-10H2,1-3H3. The molecule has 1 aliphatic rings. The fourth-order valence-corrected chi connectivity index (χ4v) is 2.47. The third kappa shape index (κ3) is 4.04. The first-order valence-electron chi connectivity index (χ1n) is 8.09. The molecule has 0 aliphatic carbocycles. The van der Waals surface area contributed by atoms with Crippen LogP contribution >= 0.6 is 0 Å². The molecule has 0 spiro atoms. The van der Waals surface area contributed by atoms with Gasteiger partial charge in [0.1, 0.15) is 5.60 Å². The van der Waals surface area contributed by atoms with Gasteiger partial charge in [0, 0.05) is 38.6 Å². The molecular formula is C16H21FN6O2. The molecule has 0 aromatic carbocycles. The van der Waals surface area contributed by atoms with Crippen molar-refractivity contribution in [2.24, 2.45) is 0 Å². The number of aromatic nitrogens is 4.